The number of aliphatic hydroxyl groups is 1. The van der Waals surface area contributed by atoms with Crippen LogP contribution in [0.25, 0.3) is 0 Å². The highest BCUT2D eigenvalue weighted by molar-refractivity contribution is 6.31. The summed E-state index contributed by atoms with van der Waals surface area (Å²) in [5, 5.41) is 16.2. The van der Waals surface area contributed by atoms with Crippen LogP contribution in [0.4, 0.5) is 10.5 Å². The highest BCUT2D eigenvalue weighted by atomic mass is 35.5. The molecule has 1 saturated carbocycles. The average molecular weight is 297 g/mol. The van der Waals surface area contributed by atoms with Crippen molar-refractivity contribution in [3.8, 4) is 0 Å². The van der Waals surface area contributed by atoms with Crippen LogP contribution in [0.3, 0.4) is 0 Å². The van der Waals surface area contributed by atoms with Crippen molar-refractivity contribution in [2.45, 2.75) is 51.2 Å². The normalized spacial score (nSPS) is 22.9. The van der Waals surface area contributed by atoms with Crippen molar-refractivity contribution in [2.75, 3.05) is 5.32 Å². The molecular formula is C15H21ClN2O2. The first kappa shape index (κ1) is 15.1. The molecule has 20 heavy (non-hydrogen) atoms. The number of amides is 2. The van der Waals surface area contributed by atoms with Crippen molar-refractivity contribution in [2.24, 2.45) is 0 Å². The van der Waals surface area contributed by atoms with Crippen molar-refractivity contribution >= 4 is 23.3 Å². The van der Waals surface area contributed by atoms with Crippen molar-refractivity contribution < 1.29 is 9.90 Å². The lowest BCUT2D eigenvalue weighted by atomic mass is 10.1. The highest BCUT2D eigenvalue weighted by Crippen LogP contribution is 2.21. The van der Waals surface area contributed by atoms with Crippen molar-refractivity contribution in [3.05, 3.63) is 28.8 Å². The van der Waals surface area contributed by atoms with E-state index in [2.05, 4.69) is 10.6 Å². The van der Waals surface area contributed by atoms with E-state index in [0.29, 0.717) is 10.7 Å². The summed E-state index contributed by atoms with van der Waals surface area (Å²) in [4.78, 5) is 12.0. The van der Waals surface area contributed by atoms with Crippen LogP contribution in [0.5, 0.6) is 0 Å². The summed E-state index contributed by atoms with van der Waals surface area (Å²) in [7, 11) is 0. The number of hydrogen-bond donors (Lipinski definition) is 3. The number of carbonyl (C=O) groups is 1. The number of anilines is 1. The molecule has 1 aromatic rings. The Hall–Kier alpha value is -1.26. The molecule has 2 unspecified atom stereocenters. The van der Waals surface area contributed by atoms with E-state index in [1.54, 1.807) is 6.07 Å². The summed E-state index contributed by atoms with van der Waals surface area (Å²) in [5.74, 6) is 0. The first-order valence-corrected chi connectivity index (χ1v) is 7.46. The van der Waals surface area contributed by atoms with Crippen LogP contribution in [-0.2, 0) is 0 Å². The van der Waals surface area contributed by atoms with Gasteiger partial charge in [-0.15, -0.1) is 0 Å². The zero-order chi connectivity index (χ0) is 14.5. The molecule has 0 aromatic heterocycles. The standard InChI is InChI=1S/C15H21ClN2O2/c1-10-7-8-11(9-12(10)16)17-15(20)18-13-5-3-2-4-6-14(13)19/h7-9,13-14,19H,2-6H2,1H3,(H2,17,18,20). The summed E-state index contributed by atoms with van der Waals surface area (Å²) < 4.78 is 0. The van der Waals surface area contributed by atoms with Gasteiger partial charge in [-0.3, -0.25) is 0 Å². The average Bonchev–Trinajstić information content (AvgIpc) is 2.59. The van der Waals surface area contributed by atoms with E-state index in [4.69, 9.17) is 11.6 Å². The smallest absolute Gasteiger partial charge is 0.319 e. The van der Waals surface area contributed by atoms with Gasteiger partial charge >= 0.3 is 6.03 Å². The number of hydrogen-bond acceptors (Lipinski definition) is 2. The van der Waals surface area contributed by atoms with Gasteiger partial charge in [-0.2, -0.15) is 0 Å². The van der Waals surface area contributed by atoms with Gasteiger partial charge < -0.3 is 15.7 Å². The minimum Gasteiger partial charge on any atom is -0.391 e. The first-order chi connectivity index (χ1) is 9.56. The lowest BCUT2D eigenvalue weighted by Gasteiger charge is -2.22. The minimum absolute atomic E-state index is 0.168. The predicted molar refractivity (Wildman–Crippen MR) is 81.2 cm³/mol. The fourth-order valence-electron chi connectivity index (χ4n) is 2.46. The minimum atomic E-state index is -0.454. The molecule has 0 radical (unpaired) electrons. The molecule has 1 aliphatic carbocycles. The van der Waals surface area contributed by atoms with Gasteiger partial charge in [-0.1, -0.05) is 36.9 Å². The molecule has 2 amide bonds. The molecule has 110 valence electrons. The summed E-state index contributed by atoms with van der Waals surface area (Å²) in [5.41, 5.74) is 1.62. The van der Waals surface area contributed by atoms with Gasteiger partial charge in [0.15, 0.2) is 0 Å². The summed E-state index contributed by atoms with van der Waals surface area (Å²) in [6.07, 6.45) is 4.30. The van der Waals surface area contributed by atoms with Gasteiger partial charge in [0, 0.05) is 10.7 Å². The van der Waals surface area contributed by atoms with E-state index >= 15 is 0 Å². The second kappa shape index (κ2) is 6.95. The van der Waals surface area contributed by atoms with Crippen molar-refractivity contribution in [1.29, 1.82) is 0 Å². The van der Waals surface area contributed by atoms with E-state index in [0.717, 1.165) is 37.7 Å². The zero-order valence-electron chi connectivity index (χ0n) is 11.7. The maximum absolute atomic E-state index is 12.0. The molecule has 4 nitrogen and oxygen atoms in total. The topological polar surface area (TPSA) is 61.4 Å². The third-order valence-electron chi connectivity index (χ3n) is 3.73. The third-order valence-corrected chi connectivity index (χ3v) is 4.13. The quantitative estimate of drug-likeness (QED) is 0.732. The number of urea groups is 1. The first-order valence-electron chi connectivity index (χ1n) is 7.08. The molecule has 0 saturated heterocycles. The van der Waals surface area contributed by atoms with E-state index < -0.39 is 6.10 Å². The number of aryl methyl sites for hydroxylation is 1. The third kappa shape index (κ3) is 4.12. The summed E-state index contributed by atoms with van der Waals surface area (Å²) >= 11 is 6.02. The Morgan fingerprint density at radius 3 is 2.80 bits per heavy atom. The molecular weight excluding hydrogens is 276 g/mol. The molecule has 1 aromatic carbocycles. The number of carbonyl (C=O) groups excluding carboxylic acids is 1. The predicted octanol–water partition coefficient (Wildman–Crippen LogP) is 3.46. The van der Waals surface area contributed by atoms with Crippen LogP contribution in [0.15, 0.2) is 18.2 Å². The molecule has 2 rings (SSSR count). The van der Waals surface area contributed by atoms with Crippen LogP contribution in [0.1, 0.15) is 37.7 Å². The summed E-state index contributed by atoms with van der Waals surface area (Å²) in [6, 6.07) is 4.93. The SMILES string of the molecule is Cc1ccc(NC(=O)NC2CCCCCC2O)cc1Cl. The van der Waals surface area contributed by atoms with Gasteiger partial charge in [0.1, 0.15) is 0 Å². The van der Waals surface area contributed by atoms with Gasteiger partial charge in [0.25, 0.3) is 0 Å². The Bertz CT molecular complexity index is 479. The number of nitrogens with one attached hydrogen (secondary N) is 2. The Morgan fingerprint density at radius 1 is 1.30 bits per heavy atom. The van der Waals surface area contributed by atoms with Gasteiger partial charge in [0.05, 0.1) is 12.1 Å². The lowest BCUT2D eigenvalue weighted by Crippen LogP contribution is -2.44. The second-order valence-corrected chi connectivity index (χ2v) is 5.78. The van der Waals surface area contributed by atoms with Crippen LogP contribution in [0, 0.1) is 6.92 Å². The number of benzene rings is 1. The van der Waals surface area contributed by atoms with Gasteiger partial charge in [0.2, 0.25) is 0 Å². The Kier molecular flexibility index (Phi) is 5.26. The van der Waals surface area contributed by atoms with E-state index in [9.17, 15) is 9.90 Å². The number of halogens is 1. The van der Waals surface area contributed by atoms with Gasteiger partial charge in [-0.25, -0.2) is 4.79 Å². The largest absolute Gasteiger partial charge is 0.391 e. The monoisotopic (exact) mass is 296 g/mol. The fourth-order valence-corrected chi connectivity index (χ4v) is 2.64. The molecule has 0 heterocycles. The van der Waals surface area contributed by atoms with Crippen LogP contribution in [-0.4, -0.2) is 23.3 Å². The Labute approximate surface area is 124 Å². The molecule has 1 aliphatic rings. The van der Waals surface area contributed by atoms with E-state index in [1.165, 1.54) is 0 Å². The summed E-state index contributed by atoms with van der Waals surface area (Å²) in [6.45, 7) is 1.91. The second-order valence-electron chi connectivity index (χ2n) is 5.37. The Morgan fingerprint density at radius 2 is 2.05 bits per heavy atom. The molecule has 0 aliphatic heterocycles. The molecule has 2 atom stereocenters. The lowest BCUT2D eigenvalue weighted by molar-refractivity contribution is 0.124. The fraction of sp³-hybridized carbons (Fsp3) is 0.533. The zero-order valence-corrected chi connectivity index (χ0v) is 12.4. The molecule has 0 bridgehead atoms. The highest BCUT2D eigenvalue weighted by Gasteiger charge is 2.23. The van der Waals surface area contributed by atoms with Crippen LogP contribution >= 0.6 is 11.6 Å². The van der Waals surface area contributed by atoms with Crippen molar-refractivity contribution in [3.63, 3.8) is 0 Å². The van der Waals surface area contributed by atoms with Gasteiger partial charge in [-0.05, 0) is 37.5 Å². The van der Waals surface area contributed by atoms with Crippen molar-refractivity contribution in [1.82, 2.24) is 5.32 Å². The molecule has 1 fully saturated rings. The Balaban J connectivity index is 1.92. The van der Waals surface area contributed by atoms with E-state index in [-0.39, 0.29) is 12.1 Å². The van der Waals surface area contributed by atoms with Crippen LogP contribution in [0.2, 0.25) is 5.02 Å². The maximum atomic E-state index is 12.0. The van der Waals surface area contributed by atoms with E-state index in [1.807, 2.05) is 19.1 Å². The number of rotatable bonds is 2. The number of aliphatic hydroxyl groups excluding tert-OH is 1. The van der Waals surface area contributed by atoms with Crippen LogP contribution < -0.4 is 10.6 Å². The molecule has 5 heteroatoms. The molecule has 3 N–H and O–H groups in total. The molecule has 0 spiro atoms. The maximum Gasteiger partial charge on any atom is 0.319 e.